The summed E-state index contributed by atoms with van der Waals surface area (Å²) >= 11 is 0. The molecule has 5 aromatic rings. The van der Waals surface area contributed by atoms with E-state index in [1.54, 1.807) is 34.6 Å². The van der Waals surface area contributed by atoms with E-state index < -0.39 is 32.3 Å². The van der Waals surface area contributed by atoms with Crippen molar-refractivity contribution in [2.24, 2.45) is 0 Å². The third-order valence-corrected chi connectivity index (χ3v) is 29.5. The Morgan fingerprint density at radius 2 is 0.689 bits per heavy atom. The summed E-state index contributed by atoms with van der Waals surface area (Å²) in [4.78, 5) is 0. The van der Waals surface area contributed by atoms with Crippen LogP contribution in [0.25, 0.3) is 0 Å². The number of halogens is 2. The SMILES string of the molecule is CCCC[Si](CCCC)(CCCC)c1ccc(P(c2ccc([Si](CCCC)(CCCC)CCCC)cc2)N(c2ccccc2)P(c2ccccc2F)c2ccccc2F)cc1. The summed E-state index contributed by atoms with van der Waals surface area (Å²) in [7, 11) is -6.53. The number of benzene rings is 5. The van der Waals surface area contributed by atoms with Gasteiger partial charge in [-0.3, -0.25) is 0 Å². The largest absolute Gasteiger partial charge is 0.313 e. The summed E-state index contributed by atoms with van der Waals surface area (Å²) in [5, 5.41) is 6.72. The predicted octanol–water partition coefficient (Wildman–Crippen LogP) is 15.0. The highest BCUT2D eigenvalue weighted by Crippen LogP contribution is 2.57. The van der Waals surface area contributed by atoms with Crippen molar-refractivity contribution in [1.82, 2.24) is 0 Å². The minimum atomic E-state index is -1.76. The Labute approximate surface area is 374 Å². The van der Waals surface area contributed by atoms with Crippen molar-refractivity contribution in [2.75, 3.05) is 4.44 Å². The van der Waals surface area contributed by atoms with Crippen LogP contribution in [0.5, 0.6) is 0 Å². The van der Waals surface area contributed by atoms with Crippen LogP contribution in [-0.2, 0) is 0 Å². The van der Waals surface area contributed by atoms with Crippen LogP contribution in [0.4, 0.5) is 14.5 Å². The molecule has 0 unspecified atom stereocenters. The lowest BCUT2D eigenvalue weighted by molar-refractivity contribution is 0.634. The van der Waals surface area contributed by atoms with Crippen molar-refractivity contribution in [3.05, 3.63) is 139 Å². The molecule has 0 atom stereocenters. The topological polar surface area (TPSA) is 3.24 Å². The highest BCUT2D eigenvalue weighted by Gasteiger charge is 2.38. The van der Waals surface area contributed by atoms with Crippen LogP contribution in [0, 0.1) is 11.6 Å². The molecule has 0 bridgehead atoms. The fourth-order valence-electron chi connectivity index (χ4n) is 9.45. The van der Waals surface area contributed by atoms with E-state index in [2.05, 4.69) is 119 Å². The zero-order valence-corrected chi connectivity index (χ0v) is 42.2. The van der Waals surface area contributed by atoms with Crippen molar-refractivity contribution in [2.45, 2.75) is 155 Å². The van der Waals surface area contributed by atoms with Gasteiger partial charge in [0, 0.05) is 26.9 Å². The van der Waals surface area contributed by atoms with Gasteiger partial charge in [-0.1, -0.05) is 256 Å². The maximum Gasteiger partial charge on any atom is 0.132 e. The van der Waals surface area contributed by atoms with Gasteiger partial charge >= 0.3 is 0 Å². The van der Waals surface area contributed by atoms with Gasteiger partial charge in [0.25, 0.3) is 0 Å². The zero-order valence-electron chi connectivity index (χ0n) is 38.4. The monoisotopic (exact) mass is 893 g/mol. The lowest BCUT2D eigenvalue weighted by Gasteiger charge is -2.41. The van der Waals surface area contributed by atoms with Gasteiger partial charge in [0.1, 0.15) is 11.6 Å². The minimum absolute atomic E-state index is 0.296. The third-order valence-electron chi connectivity index (χ3n) is 13.0. The highest BCUT2D eigenvalue weighted by atomic mass is 31.2. The molecule has 0 aliphatic rings. The Morgan fingerprint density at radius 1 is 0.377 bits per heavy atom. The van der Waals surface area contributed by atoms with Crippen molar-refractivity contribution < 1.29 is 8.78 Å². The lowest BCUT2D eigenvalue weighted by Crippen LogP contribution is -2.48. The number of rotatable bonds is 27. The minimum Gasteiger partial charge on any atom is -0.313 e. The van der Waals surface area contributed by atoms with Crippen LogP contribution < -0.4 is 36.0 Å². The van der Waals surface area contributed by atoms with Crippen LogP contribution in [0.2, 0.25) is 36.3 Å². The molecule has 0 amide bonds. The molecule has 5 aromatic carbocycles. The quantitative estimate of drug-likeness (QED) is 0.0375. The average molecular weight is 894 g/mol. The summed E-state index contributed by atoms with van der Waals surface area (Å²) in [5.41, 5.74) is 0.981. The fourth-order valence-corrected chi connectivity index (χ4v) is 26.5. The smallest absolute Gasteiger partial charge is 0.132 e. The molecule has 0 saturated heterocycles. The molecule has 0 aliphatic carbocycles. The molecular formula is C54H75F2NP2Si2. The molecule has 0 saturated carbocycles. The van der Waals surface area contributed by atoms with Crippen molar-refractivity contribution in [3.63, 3.8) is 0 Å². The number of para-hydroxylation sites is 1. The molecule has 0 fully saturated rings. The molecule has 0 aromatic heterocycles. The highest BCUT2D eigenvalue weighted by molar-refractivity contribution is 7.90. The normalized spacial score (nSPS) is 12.1. The first kappa shape index (κ1) is 49.1. The van der Waals surface area contributed by atoms with Gasteiger partial charge in [-0.2, -0.15) is 0 Å². The van der Waals surface area contributed by atoms with E-state index in [0.29, 0.717) is 10.6 Å². The Morgan fingerprint density at radius 3 is 1.00 bits per heavy atom. The second kappa shape index (κ2) is 25.4. The summed E-state index contributed by atoms with van der Waals surface area (Å²) < 4.78 is 35.4. The van der Waals surface area contributed by atoms with Gasteiger partial charge in [0.2, 0.25) is 0 Å². The van der Waals surface area contributed by atoms with E-state index in [4.69, 9.17) is 0 Å². The molecule has 0 radical (unpaired) electrons. The number of anilines is 1. The van der Waals surface area contributed by atoms with E-state index in [0.717, 1.165) is 5.69 Å². The molecule has 61 heavy (non-hydrogen) atoms. The number of unbranched alkanes of at least 4 members (excludes halogenated alkanes) is 6. The second-order valence-electron chi connectivity index (χ2n) is 17.4. The van der Waals surface area contributed by atoms with Crippen LogP contribution in [0.15, 0.2) is 127 Å². The number of hydrogen-bond donors (Lipinski definition) is 0. The Kier molecular flexibility index (Phi) is 20.4. The lowest BCUT2D eigenvalue weighted by atomic mass is 10.3. The standard InChI is InChI=1S/C54H75F2NP2Si2/c1-7-13-40-60(41-14-8-2,42-15-9-3)49-36-32-47(33-37-49)58(48-34-38-50(39-35-48)61(43-16-10-4,44-17-11-5)45-18-12-6)57(46-26-20-19-21-27-46)59(53-30-24-22-28-51(53)55)54-31-25-23-29-52(54)56/h19-39H,7-18,40-45H2,1-6H3. The van der Waals surface area contributed by atoms with Gasteiger partial charge < -0.3 is 4.44 Å². The maximum absolute atomic E-state index is 16.5. The first-order chi connectivity index (χ1) is 29.8. The molecule has 0 N–H and O–H groups in total. The molecule has 328 valence electrons. The molecule has 7 heteroatoms. The summed E-state index contributed by atoms with van der Waals surface area (Å²) in [6.45, 7) is 14.0. The van der Waals surface area contributed by atoms with Crippen LogP contribution in [0.1, 0.15) is 119 Å². The van der Waals surface area contributed by atoms with E-state index in [9.17, 15) is 0 Å². The molecular weight excluding hydrogens is 819 g/mol. The van der Waals surface area contributed by atoms with Crippen molar-refractivity contribution in [1.29, 1.82) is 0 Å². The molecule has 0 heterocycles. The number of hydrogen-bond acceptors (Lipinski definition) is 1. The van der Waals surface area contributed by atoms with Crippen LogP contribution in [0.3, 0.4) is 0 Å². The Balaban J connectivity index is 1.80. The maximum atomic E-state index is 16.5. The van der Waals surface area contributed by atoms with Gasteiger partial charge in [-0.15, -0.1) is 0 Å². The summed E-state index contributed by atoms with van der Waals surface area (Å²) in [6.07, 6.45) is 15.1. The van der Waals surface area contributed by atoms with Crippen LogP contribution in [-0.4, -0.2) is 16.1 Å². The van der Waals surface area contributed by atoms with E-state index in [-0.39, 0.29) is 11.6 Å². The number of nitrogens with zero attached hydrogens (tertiary/aromatic N) is 1. The van der Waals surface area contributed by atoms with Crippen molar-refractivity contribution in [3.8, 4) is 0 Å². The second-order valence-corrected chi connectivity index (χ2v) is 31.1. The Hall–Kier alpha value is -2.95. The first-order valence-corrected chi connectivity index (χ1v) is 31.8. The van der Waals surface area contributed by atoms with Gasteiger partial charge in [-0.25, -0.2) is 8.78 Å². The van der Waals surface area contributed by atoms with E-state index >= 15 is 8.78 Å². The molecule has 5 rings (SSSR count). The molecule has 1 nitrogen and oxygen atoms in total. The zero-order chi connectivity index (χ0) is 43.5. The van der Waals surface area contributed by atoms with E-state index in [1.165, 1.54) is 124 Å². The fraction of sp³-hybridized carbons (Fsp3) is 0.444. The molecule has 0 aliphatic heterocycles. The summed E-state index contributed by atoms with van der Waals surface area (Å²) in [6, 6.07) is 52.4. The molecule has 0 spiro atoms. The predicted molar refractivity (Wildman–Crippen MR) is 276 cm³/mol. The average Bonchev–Trinajstić information content (AvgIpc) is 3.30. The van der Waals surface area contributed by atoms with E-state index in [1.807, 2.05) is 30.3 Å². The Bertz CT molecular complexity index is 1830. The van der Waals surface area contributed by atoms with Gasteiger partial charge in [0.15, 0.2) is 0 Å². The van der Waals surface area contributed by atoms with Gasteiger partial charge in [-0.05, 0) is 36.4 Å². The third kappa shape index (κ3) is 12.6. The first-order valence-electron chi connectivity index (χ1n) is 24.0. The van der Waals surface area contributed by atoms with Crippen molar-refractivity contribution >= 4 is 69.6 Å². The van der Waals surface area contributed by atoms with Gasteiger partial charge in [0.05, 0.1) is 32.3 Å². The summed E-state index contributed by atoms with van der Waals surface area (Å²) in [5.74, 6) is -0.592. The van der Waals surface area contributed by atoms with Crippen LogP contribution >= 0.6 is 16.1 Å².